The second-order valence-electron chi connectivity index (χ2n) is 3.84. The molecule has 1 unspecified atom stereocenters. The number of urea groups is 1. The van der Waals surface area contributed by atoms with Crippen LogP contribution in [0, 0.1) is 5.92 Å². The summed E-state index contributed by atoms with van der Waals surface area (Å²) in [4.78, 5) is 32.6. The fourth-order valence-corrected chi connectivity index (χ4v) is 1.29. The third-order valence-corrected chi connectivity index (χ3v) is 2.43. The highest BCUT2D eigenvalue weighted by Crippen LogP contribution is 2.06. The van der Waals surface area contributed by atoms with Crippen molar-refractivity contribution in [3.05, 3.63) is 0 Å². The van der Waals surface area contributed by atoms with Gasteiger partial charge in [-0.15, -0.1) is 0 Å². The molecule has 0 bridgehead atoms. The molecule has 0 aliphatic carbocycles. The van der Waals surface area contributed by atoms with E-state index in [1.807, 2.05) is 6.92 Å². The number of amides is 2. The van der Waals surface area contributed by atoms with E-state index in [4.69, 9.17) is 5.11 Å². The monoisotopic (exact) mass is 260 g/mol. The van der Waals surface area contributed by atoms with Crippen LogP contribution in [0.25, 0.3) is 0 Å². The smallest absolute Gasteiger partial charge is 0.314 e. The summed E-state index contributed by atoms with van der Waals surface area (Å²) in [5.74, 6) is -1.36. The van der Waals surface area contributed by atoms with Gasteiger partial charge in [0.2, 0.25) is 0 Å². The SMILES string of the molecule is CCC(CNC(=O)NCCC(=O)OC)CC(=O)O. The molecule has 7 nitrogen and oxygen atoms in total. The fraction of sp³-hybridized carbons (Fsp3) is 0.727. The maximum Gasteiger partial charge on any atom is 0.314 e. The van der Waals surface area contributed by atoms with E-state index in [1.165, 1.54) is 7.11 Å². The Labute approximate surface area is 106 Å². The van der Waals surface area contributed by atoms with Crippen LogP contribution in [0.4, 0.5) is 4.79 Å². The first-order chi connectivity index (χ1) is 8.49. The second-order valence-corrected chi connectivity index (χ2v) is 3.84. The molecule has 0 rings (SSSR count). The summed E-state index contributed by atoms with van der Waals surface area (Å²) in [6.45, 7) is 2.35. The third kappa shape index (κ3) is 8.37. The molecule has 0 saturated heterocycles. The molecule has 104 valence electrons. The molecule has 3 N–H and O–H groups in total. The molecule has 0 aromatic rings. The lowest BCUT2D eigenvalue weighted by atomic mass is 10.0. The number of ether oxygens (including phenoxy) is 1. The Bertz CT molecular complexity index is 293. The fourth-order valence-electron chi connectivity index (χ4n) is 1.29. The van der Waals surface area contributed by atoms with Gasteiger partial charge < -0.3 is 20.5 Å². The van der Waals surface area contributed by atoms with Crippen molar-refractivity contribution in [2.24, 2.45) is 5.92 Å². The summed E-state index contributed by atoms with van der Waals surface area (Å²) in [5.41, 5.74) is 0. The maximum atomic E-state index is 11.3. The summed E-state index contributed by atoms with van der Waals surface area (Å²) >= 11 is 0. The zero-order valence-electron chi connectivity index (χ0n) is 10.7. The van der Waals surface area contributed by atoms with Gasteiger partial charge in [-0.2, -0.15) is 0 Å². The number of hydrogen-bond acceptors (Lipinski definition) is 4. The Hall–Kier alpha value is -1.79. The molecule has 18 heavy (non-hydrogen) atoms. The van der Waals surface area contributed by atoms with Crippen molar-refractivity contribution >= 4 is 18.0 Å². The van der Waals surface area contributed by atoms with Crippen molar-refractivity contribution in [1.82, 2.24) is 10.6 Å². The molecule has 0 aliphatic rings. The predicted molar refractivity (Wildman–Crippen MR) is 64.1 cm³/mol. The lowest BCUT2D eigenvalue weighted by molar-refractivity contribution is -0.140. The Morgan fingerprint density at radius 2 is 1.94 bits per heavy atom. The van der Waals surface area contributed by atoms with Crippen LogP contribution in [0.1, 0.15) is 26.2 Å². The maximum absolute atomic E-state index is 11.3. The van der Waals surface area contributed by atoms with Crippen LogP contribution in [0.15, 0.2) is 0 Å². The summed E-state index contributed by atoms with van der Waals surface area (Å²) < 4.78 is 4.42. The second kappa shape index (κ2) is 9.26. The molecule has 0 aromatic heterocycles. The van der Waals surface area contributed by atoms with Crippen molar-refractivity contribution in [3.63, 3.8) is 0 Å². The highest BCUT2D eigenvalue weighted by atomic mass is 16.5. The number of rotatable bonds is 8. The van der Waals surface area contributed by atoms with Crippen molar-refractivity contribution in [3.8, 4) is 0 Å². The first-order valence-electron chi connectivity index (χ1n) is 5.79. The molecule has 1 atom stereocenters. The molecule has 0 saturated carbocycles. The number of carboxylic acid groups (broad SMARTS) is 1. The van der Waals surface area contributed by atoms with Gasteiger partial charge in [0.1, 0.15) is 0 Å². The Morgan fingerprint density at radius 1 is 1.28 bits per heavy atom. The van der Waals surface area contributed by atoms with Crippen molar-refractivity contribution in [1.29, 1.82) is 0 Å². The lowest BCUT2D eigenvalue weighted by Crippen LogP contribution is -2.39. The number of carbonyl (C=O) groups is 3. The number of carboxylic acids is 1. The van der Waals surface area contributed by atoms with E-state index in [-0.39, 0.29) is 25.3 Å². The average Bonchev–Trinajstić information content (AvgIpc) is 2.33. The van der Waals surface area contributed by atoms with Gasteiger partial charge in [0.25, 0.3) is 0 Å². The third-order valence-electron chi connectivity index (χ3n) is 2.43. The van der Waals surface area contributed by atoms with E-state index in [0.29, 0.717) is 13.0 Å². The Balaban J connectivity index is 3.74. The van der Waals surface area contributed by atoms with E-state index < -0.39 is 18.0 Å². The van der Waals surface area contributed by atoms with Gasteiger partial charge in [-0.1, -0.05) is 13.3 Å². The zero-order chi connectivity index (χ0) is 14.0. The van der Waals surface area contributed by atoms with Crippen LogP contribution in [0.5, 0.6) is 0 Å². The first-order valence-corrected chi connectivity index (χ1v) is 5.79. The number of aliphatic carboxylic acids is 1. The highest BCUT2D eigenvalue weighted by Gasteiger charge is 2.12. The molecule has 0 radical (unpaired) electrons. The van der Waals surface area contributed by atoms with Gasteiger partial charge in [-0.25, -0.2) is 4.79 Å². The van der Waals surface area contributed by atoms with Gasteiger partial charge in [0, 0.05) is 19.5 Å². The minimum Gasteiger partial charge on any atom is -0.481 e. The minimum absolute atomic E-state index is 0.0267. The van der Waals surface area contributed by atoms with Crippen LogP contribution >= 0.6 is 0 Å². The van der Waals surface area contributed by atoms with E-state index in [0.717, 1.165) is 0 Å². The van der Waals surface area contributed by atoms with E-state index in [2.05, 4.69) is 15.4 Å². The highest BCUT2D eigenvalue weighted by molar-refractivity contribution is 5.75. The van der Waals surface area contributed by atoms with Crippen LogP contribution in [0.3, 0.4) is 0 Å². The Kier molecular flexibility index (Phi) is 8.34. The van der Waals surface area contributed by atoms with Gasteiger partial charge in [0.05, 0.1) is 13.5 Å². The van der Waals surface area contributed by atoms with E-state index >= 15 is 0 Å². The van der Waals surface area contributed by atoms with Gasteiger partial charge in [-0.05, 0) is 5.92 Å². The first kappa shape index (κ1) is 16.2. The molecule has 0 aromatic carbocycles. The van der Waals surface area contributed by atoms with Gasteiger partial charge in [0.15, 0.2) is 0 Å². The van der Waals surface area contributed by atoms with Crippen molar-refractivity contribution in [2.75, 3.05) is 20.2 Å². The van der Waals surface area contributed by atoms with Crippen LogP contribution < -0.4 is 10.6 Å². The number of nitrogens with one attached hydrogen (secondary N) is 2. The molecule has 0 spiro atoms. The number of esters is 1. The number of hydrogen-bond donors (Lipinski definition) is 3. The van der Waals surface area contributed by atoms with Gasteiger partial charge >= 0.3 is 18.0 Å². The lowest BCUT2D eigenvalue weighted by Gasteiger charge is -2.13. The normalized spacial score (nSPS) is 11.4. The molecule has 7 heteroatoms. The number of carbonyl (C=O) groups excluding carboxylic acids is 2. The molecule has 0 heterocycles. The predicted octanol–water partition coefficient (Wildman–Crippen LogP) is 0.350. The largest absolute Gasteiger partial charge is 0.481 e. The summed E-state index contributed by atoms with van der Waals surface area (Å²) in [5, 5.41) is 13.7. The average molecular weight is 260 g/mol. The van der Waals surface area contributed by atoms with Crippen molar-refractivity contribution in [2.45, 2.75) is 26.2 Å². The quantitative estimate of drug-likeness (QED) is 0.546. The molecular weight excluding hydrogens is 240 g/mol. The zero-order valence-corrected chi connectivity index (χ0v) is 10.7. The minimum atomic E-state index is -0.880. The van der Waals surface area contributed by atoms with E-state index in [9.17, 15) is 14.4 Å². The number of methoxy groups -OCH3 is 1. The molecule has 0 fully saturated rings. The topological polar surface area (TPSA) is 105 Å². The summed E-state index contributed by atoms with van der Waals surface area (Å²) in [6, 6.07) is -0.414. The molecular formula is C11H20N2O5. The Morgan fingerprint density at radius 3 is 2.44 bits per heavy atom. The molecule has 2 amide bonds. The van der Waals surface area contributed by atoms with Crippen LogP contribution in [0.2, 0.25) is 0 Å². The summed E-state index contributed by atoms with van der Waals surface area (Å²) in [7, 11) is 1.28. The summed E-state index contributed by atoms with van der Waals surface area (Å²) in [6.07, 6.45) is 0.809. The standard InChI is InChI=1S/C11H20N2O5/c1-3-8(6-9(14)15)7-13-11(17)12-5-4-10(16)18-2/h8H,3-7H2,1-2H3,(H,14,15)(H2,12,13,17). The van der Waals surface area contributed by atoms with Crippen molar-refractivity contribution < 1.29 is 24.2 Å². The molecule has 0 aliphatic heterocycles. The van der Waals surface area contributed by atoms with E-state index in [1.54, 1.807) is 0 Å². The van der Waals surface area contributed by atoms with Gasteiger partial charge in [-0.3, -0.25) is 9.59 Å². The van der Waals surface area contributed by atoms with Crippen LogP contribution in [-0.4, -0.2) is 43.3 Å². The van der Waals surface area contributed by atoms with Crippen LogP contribution in [-0.2, 0) is 14.3 Å².